The first-order valence-corrected chi connectivity index (χ1v) is 4.79. The summed E-state index contributed by atoms with van der Waals surface area (Å²) < 4.78 is 4.32. The van der Waals surface area contributed by atoms with Crippen LogP contribution in [0.15, 0.2) is 0 Å². The van der Waals surface area contributed by atoms with Crippen molar-refractivity contribution in [2.45, 2.75) is 39.0 Å². The van der Waals surface area contributed by atoms with Gasteiger partial charge in [0, 0.05) is 25.2 Å². The highest BCUT2D eigenvalue weighted by Crippen LogP contribution is 2.00. The highest BCUT2D eigenvalue weighted by Gasteiger charge is 1.98. The molecule has 0 aromatic rings. The standard InChI is InChI=1S/C11H16O3/c1-3-4-7-10(12)8-5-6-9-11(13)14-2/h3-5,7-8H2,1-2H3. The van der Waals surface area contributed by atoms with Gasteiger partial charge in [0.2, 0.25) is 0 Å². The van der Waals surface area contributed by atoms with E-state index in [0.29, 0.717) is 19.3 Å². The van der Waals surface area contributed by atoms with Crippen molar-refractivity contribution in [2.75, 3.05) is 7.11 Å². The van der Waals surface area contributed by atoms with E-state index < -0.39 is 5.97 Å². The highest BCUT2D eigenvalue weighted by molar-refractivity contribution is 5.88. The summed E-state index contributed by atoms with van der Waals surface area (Å²) in [5.41, 5.74) is 0. The Hall–Kier alpha value is -1.30. The lowest BCUT2D eigenvalue weighted by Crippen LogP contribution is -1.97. The fourth-order valence-electron chi connectivity index (χ4n) is 0.887. The van der Waals surface area contributed by atoms with Crippen LogP contribution in [0.1, 0.15) is 39.0 Å². The molecule has 0 aliphatic heterocycles. The summed E-state index contributed by atoms with van der Waals surface area (Å²) in [5.74, 6) is 4.54. The van der Waals surface area contributed by atoms with Crippen molar-refractivity contribution in [3.8, 4) is 11.8 Å². The van der Waals surface area contributed by atoms with Crippen LogP contribution in [-0.4, -0.2) is 18.9 Å². The first kappa shape index (κ1) is 12.7. The van der Waals surface area contributed by atoms with Gasteiger partial charge < -0.3 is 4.74 Å². The molecule has 0 unspecified atom stereocenters. The molecule has 3 nitrogen and oxygen atoms in total. The first-order valence-electron chi connectivity index (χ1n) is 4.79. The average molecular weight is 196 g/mol. The minimum Gasteiger partial charge on any atom is -0.459 e. The molecular weight excluding hydrogens is 180 g/mol. The number of ether oxygens (including phenoxy) is 1. The Kier molecular flexibility index (Phi) is 7.53. The summed E-state index contributed by atoms with van der Waals surface area (Å²) in [7, 11) is 1.28. The molecule has 0 saturated heterocycles. The molecule has 0 aromatic carbocycles. The van der Waals surface area contributed by atoms with Gasteiger partial charge in [0.15, 0.2) is 0 Å². The van der Waals surface area contributed by atoms with E-state index in [1.807, 2.05) is 6.92 Å². The van der Waals surface area contributed by atoms with E-state index in [2.05, 4.69) is 16.6 Å². The van der Waals surface area contributed by atoms with Crippen molar-refractivity contribution in [2.24, 2.45) is 0 Å². The van der Waals surface area contributed by atoms with E-state index in [1.54, 1.807) is 0 Å². The quantitative estimate of drug-likeness (QED) is 0.382. The van der Waals surface area contributed by atoms with Gasteiger partial charge in [-0.1, -0.05) is 19.3 Å². The Morgan fingerprint density at radius 2 is 2.00 bits per heavy atom. The van der Waals surface area contributed by atoms with Crippen LogP contribution in [0.25, 0.3) is 0 Å². The van der Waals surface area contributed by atoms with Gasteiger partial charge in [-0.2, -0.15) is 0 Å². The maximum atomic E-state index is 11.1. The molecule has 0 amide bonds. The summed E-state index contributed by atoms with van der Waals surface area (Å²) in [6, 6.07) is 0. The van der Waals surface area contributed by atoms with Crippen LogP contribution in [0.4, 0.5) is 0 Å². The Bertz CT molecular complexity index is 245. The smallest absolute Gasteiger partial charge is 0.384 e. The monoisotopic (exact) mass is 196 g/mol. The Labute approximate surface area is 84.8 Å². The van der Waals surface area contributed by atoms with Gasteiger partial charge in [-0.15, -0.1) is 0 Å². The van der Waals surface area contributed by atoms with Crippen molar-refractivity contribution in [3.63, 3.8) is 0 Å². The third-order valence-electron chi connectivity index (χ3n) is 1.71. The lowest BCUT2D eigenvalue weighted by Gasteiger charge is -1.94. The normalized spacial score (nSPS) is 8.71. The number of hydrogen-bond donors (Lipinski definition) is 0. The van der Waals surface area contributed by atoms with Gasteiger partial charge in [0.1, 0.15) is 5.78 Å². The van der Waals surface area contributed by atoms with Crippen LogP contribution in [-0.2, 0) is 14.3 Å². The predicted molar refractivity (Wildman–Crippen MR) is 53.6 cm³/mol. The van der Waals surface area contributed by atoms with E-state index in [9.17, 15) is 9.59 Å². The zero-order valence-electron chi connectivity index (χ0n) is 8.76. The summed E-state index contributed by atoms with van der Waals surface area (Å²) in [6.45, 7) is 2.05. The Morgan fingerprint density at radius 1 is 1.29 bits per heavy atom. The van der Waals surface area contributed by atoms with Gasteiger partial charge in [0.05, 0.1) is 7.11 Å². The number of ketones is 1. The zero-order valence-corrected chi connectivity index (χ0v) is 8.76. The maximum Gasteiger partial charge on any atom is 0.384 e. The van der Waals surface area contributed by atoms with E-state index in [0.717, 1.165) is 12.8 Å². The Balaban J connectivity index is 3.56. The van der Waals surface area contributed by atoms with Crippen LogP contribution in [0, 0.1) is 11.8 Å². The molecule has 0 N–H and O–H groups in total. The largest absolute Gasteiger partial charge is 0.459 e. The number of rotatable bonds is 5. The summed E-state index contributed by atoms with van der Waals surface area (Å²) in [5, 5.41) is 0. The lowest BCUT2D eigenvalue weighted by atomic mass is 10.1. The fraction of sp³-hybridized carbons (Fsp3) is 0.636. The third-order valence-corrected chi connectivity index (χ3v) is 1.71. The van der Waals surface area contributed by atoms with Crippen LogP contribution in [0.2, 0.25) is 0 Å². The van der Waals surface area contributed by atoms with Gasteiger partial charge in [-0.3, -0.25) is 4.79 Å². The van der Waals surface area contributed by atoms with E-state index in [-0.39, 0.29) is 5.78 Å². The lowest BCUT2D eigenvalue weighted by molar-refractivity contribution is -0.133. The van der Waals surface area contributed by atoms with Crippen LogP contribution < -0.4 is 0 Å². The van der Waals surface area contributed by atoms with E-state index in [4.69, 9.17) is 0 Å². The second kappa shape index (κ2) is 8.31. The molecule has 14 heavy (non-hydrogen) atoms. The molecule has 0 fully saturated rings. The van der Waals surface area contributed by atoms with Crippen molar-refractivity contribution < 1.29 is 14.3 Å². The van der Waals surface area contributed by atoms with E-state index >= 15 is 0 Å². The molecule has 0 spiro atoms. The van der Waals surface area contributed by atoms with Gasteiger partial charge in [-0.25, -0.2) is 4.79 Å². The molecule has 0 atom stereocenters. The average Bonchev–Trinajstić information content (AvgIpc) is 2.21. The van der Waals surface area contributed by atoms with Crippen LogP contribution >= 0.6 is 0 Å². The fourth-order valence-corrected chi connectivity index (χ4v) is 0.887. The number of esters is 1. The van der Waals surface area contributed by atoms with E-state index in [1.165, 1.54) is 7.11 Å². The number of hydrogen-bond acceptors (Lipinski definition) is 3. The number of Topliss-reactive ketones (excluding diaryl/α,β-unsaturated/α-hetero) is 1. The van der Waals surface area contributed by atoms with Crippen molar-refractivity contribution in [3.05, 3.63) is 0 Å². The molecule has 3 heteroatoms. The summed E-state index contributed by atoms with van der Waals surface area (Å²) >= 11 is 0. The van der Waals surface area contributed by atoms with Gasteiger partial charge >= 0.3 is 5.97 Å². The molecule has 0 heterocycles. The topological polar surface area (TPSA) is 43.4 Å². The van der Waals surface area contributed by atoms with Crippen molar-refractivity contribution in [1.29, 1.82) is 0 Å². The second-order valence-electron chi connectivity index (χ2n) is 2.94. The van der Waals surface area contributed by atoms with Gasteiger partial charge in [-0.05, 0) is 6.42 Å². The minimum absolute atomic E-state index is 0.214. The molecule has 0 aliphatic rings. The second-order valence-corrected chi connectivity index (χ2v) is 2.94. The SMILES string of the molecule is CCCCC(=O)CCC#CC(=O)OC. The highest BCUT2D eigenvalue weighted by atomic mass is 16.5. The molecule has 0 bridgehead atoms. The van der Waals surface area contributed by atoms with Gasteiger partial charge in [0.25, 0.3) is 0 Å². The number of unbranched alkanes of at least 4 members (excludes halogenated alkanes) is 1. The predicted octanol–water partition coefficient (Wildman–Crippen LogP) is 1.70. The molecule has 0 radical (unpaired) electrons. The molecule has 0 aromatic heterocycles. The number of methoxy groups -OCH3 is 1. The molecule has 0 rings (SSSR count). The number of carbonyl (C=O) groups is 2. The molecular formula is C11H16O3. The van der Waals surface area contributed by atoms with Crippen LogP contribution in [0.5, 0.6) is 0 Å². The first-order chi connectivity index (χ1) is 6.70. The third kappa shape index (κ3) is 7.35. The number of carbonyl (C=O) groups excluding carboxylic acids is 2. The molecule has 78 valence electrons. The summed E-state index contributed by atoms with van der Waals surface area (Å²) in [4.78, 5) is 21.7. The van der Waals surface area contributed by atoms with Crippen molar-refractivity contribution in [1.82, 2.24) is 0 Å². The van der Waals surface area contributed by atoms with Crippen molar-refractivity contribution >= 4 is 11.8 Å². The maximum absolute atomic E-state index is 11.1. The molecule has 0 aliphatic carbocycles. The Morgan fingerprint density at radius 3 is 2.57 bits per heavy atom. The molecule has 0 saturated carbocycles. The van der Waals surface area contributed by atoms with Crippen LogP contribution in [0.3, 0.4) is 0 Å². The zero-order chi connectivity index (χ0) is 10.8. The summed E-state index contributed by atoms with van der Waals surface area (Å²) in [6.07, 6.45) is 3.46. The minimum atomic E-state index is -0.550.